The smallest absolute Gasteiger partial charge is 0.426 e. The molecular formula is C15H16ClN3O3. The number of nitrogens with zero attached hydrogens (tertiary/aromatic N) is 3. The molecule has 2 atom stereocenters. The Labute approximate surface area is 133 Å². The van der Waals surface area contributed by atoms with E-state index in [0.717, 1.165) is 5.56 Å². The molecular weight excluding hydrogens is 306 g/mol. The number of hydrogen-bond acceptors (Lipinski definition) is 5. The van der Waals surface area contributed by atoms with Gasteiger partial charge in [-0.05, 0) is 18.1 Å². The summed E-state index contributed by atoms with van der Waals surface area (Å²) in [4.78, 5) is 15.8. The van der Waals surface area contributed by atoms with Crippen molar-refractivity contribution < 1.29 is 14.3 Å². The van der Waals surface area contributed by atoms with Gasteiger partial charge in [0.05, 0.1) is 6.54 Å². The molecule has 116 valence electrons. The van der Waals surface area contributed by atoms with Gasteiger partial charge in [-0.25, -0.2) is 14.5 Å². The maximum Gasteiger partial charge on any atom is 0.509 e. The molecule has 1 aliphatic heterocycles. The molecule has 3 rings (SSSR count). The number of carbonyl (C=O) groups excluding carboxylic acids is 1. The average Bonchev–Trinajstić information content (AvgIpc) is 3.08. The summed E-state index contributed by atoms with van der Waals surface area (Å²) in [6, 6.07) is 7.22. The lowest BCUT2D eigenvalue weighted by molar-refractivity contribution is -0.0135. The third kappa shape index (κ3) is 2.54. The summed E-state index contributed by atoms with van der Waals surface area (Å²) in [7, 11) is 0. The molecule has 22 heavy (non-hydrogen) atoms. The fourth-order valence-electron chi connectivity index (χ4n) is 2.83. The second kappa shape index (κ2) is 5.61. The highest BCUT2D eigenvalue weighted by Crippen LogP contribution is 2.42. The molecule has 2 heterocycles. The van der Waals surface area contributed by atoms with E-state index in [4.69, 9.17) is 21.1 Å². The molecule has 0 aliphatic carbocycles. The van der Waals surface area contributed by atoms with E-state index >= 15 is 0 Å². The summed E-state index contributed by atoms with van der Waals surface area (Å²) in [6.07, 6.45) is 1.93. The van der Waals surface area contributed by atoms with E-state index in [2.05, 4.69) is 10.1 Å². The molecule has 0 amide bonds. The van der Waals surface area contributed by atoms with Crippen LogP contribution in [0.1, 0.15) is 19.4 Å². The minimum Gasteiger partial charge on any atom is -0.426 e. The van der Waals surface area contributed by atoms with Crippen molar-refractivity contribution in [1.29, 1.82) is 0 Å². The lowest BCUT2D eigenvalue weighted by atomic mass is 9.82. The van der Waals surface area contributed by atoms with E-state index in [1.165, 1.54) is 6.33 Å². The van der Waals surface area contributed by atoms with E-state index in [0.29, 0.717) is 11.6 Å². The SMILES string of the molecule is CC(C)[C@H]1OC(=O)O[C@]1(Cn1cncn1)c1ccc(Cl)cc1. The van der Waals surface area contributed by atoms with Crippen molar-refractivity contribution >= 4 is 17.8 Å². The maximum absolute atomic E-state index is 11.8. The van der Waals surface area contributed by atoms with Crippen molar-refractivity contribution in [2.75, 3.05) is 0 Å². The van der Waals surface area contributed by atoms with E-state index in [9.17, 15) is 4.79 Å². The zero-order valence-electron chi connectivity index (χ0n) is 12.3. The number of rotatable bonds is 4. The maximum atomic E-state index is 11.8. The van der Waals surface area contributed by atoms with Crippen LogP contribution in [-0.4, -0.2) is 27.0 Å². The van der Waals surface area contributed by atoms with Crippen LogP contribution in [0.2, 0.25) is 5.02 Å². The summed E-state index contributed by atoms with van der Waals surface area (Å²) in [5.74, 6) is 0.0747. The Kier molecular flexibility index (Phi) is 3.78. The summed E-state index contributed by atoms with van der Waals surface area (Å²) in [5.41, 5.74) is -0.138. The first-order valence-electron chi connectivity index (χ1n) is 6.99. The number of ether oxygens (including phenoxy) is 2. The minimum atomic E-state index is -0.955. The highest BCUT2D eigenvalue weighted by atomic mass is 35.5. The second-order valence-electron chi connectivity index (χ2n) is 5.62. The Bertz CT molecular complexity index is 657. The van der Waals surface area contributed by atoms with Crippen molar-refractivity contribution in [3.8, 4) is 0 Å². The van der Waals surface area contributed by atoms with Gasteiger partial charge >= 0.3 is 6.16 Å². The van der Waals surface area contributed by atoms with E-state index in [-0.39, 0.29) is 5.92 Å². The first kappa shape index (κ1) is 14.8. The normalized spacial score (nSPS) is 24.4. The Balaban J connectivity index is 2.08. The molecule has 1 saturated heterocycles. The molecule has 2 aromatic rings. The van der Waals surface area contributed by atoms with Gasteiger partial charge in [-0.15, -0.1) is 0 Å². The number of halogens is 1. The van der Waals surface area contributed by atoms with Crippen molar-refractivity contribution in [1.82, 2.24) is 14.8 Å². The summed E-state index contributed by atoms with van der Waals surface area (Å²) in [5, 5.41) is 4.74. The number of carbonyl (C=O) groups is 1. The highest BCUT2D eigenvalue weighted by Gasteiger charge is 2.54. The Morgan fingerprint density at radius 1 is 1.36 bits per heavy atom. The minimum absolute atomic E-state index is 0.0747. The van der Waals surface area contributed by atoms with Gasteiger partial charge in [-0.3, -0.25) is 0 Å². The van der Waals surface area contributed by atoms with Crippen molar-refractivity contribution in [2.24, 2.45) is 5.92 Å². The van der Waals surface area contributed by atoms with Crippen LogP contribution in [0, 0.1) is 5.92 Å². The van der Waals surface area contributed by atoms with E-state index in [1.54, 1.807) is 23.1 Å². The van der Waals surface area contributed by atoms with Gasteiger partial charge in [0, 0.05) is 10.6 Å². The molecule has 1 aromatic heterocycles. The molecule has 0 unspecified atom stereocenters. The summed E-state index contributed by atoms with van der Waals surface area (Å²) < 4.78 is 12.7. The summed E-state index contributed by atoms with van der Waals surface area (Å²) in [6.45, 7) is 4.29. The molecule has 1 aliphatic rings. The fraction of sp³-hybridized carbons (Fsp3) is 0.400. The van der Waals surface area contributed by atoms with Crippen LogP contribution in [0.25, 0.3) is 0 Å². The lowest BCUT2D eigenvalue weighted by Crippen LogP contribution is -2.44. The van der Waals surface area contributed by atoms with Crippen molar-refractivity contribution in [3.63, 3.8) is 0 Å². The predicted octanol–water partition coefficient (Wildman–Crippen LogP) is 3.02. The largest absolute Gasteiger partial charge is 0.509 e. The van der Waals surface area contributed by atoms with Crippen LogP contribution in [-0.2, 0) is 21.6 Å². The van der Waals surface area contributed by atoms with Crippen LogP contribution in [0.15, 0.2) is 36.9 Å². The van der Waals surface area contributed by atoms with Gasteiger partial charge in [0.25, 0.3) is 0 Å². The number of hydrogen-bond donors (Lipinski definition) is 0. The van der Waals surface area contributed by atoms with Crippen LogP contribution in [0.5, 0.6) is 0 Å². The summed E-state index contributed by atoms with van der Waals surface area (Å²) >= 11 is 5.97. The zero-order valence-corrected chi connectivity index (χ0v) is 13.0. The highest BCUT2D eigenvalue weighted by molar-refractivity contribution is 6.30. The Morgan fingerprint density at radius 2 is 2.09 bits per heavy atom. The molecule has 0 saturated carbocycles. The first-order valence-corrected chi connectivity index (χ1v) is 7.37. The number of aromatic nitrogens is 3. The Hall–Kier alpha value is -2.08. The van der Waals surface area contributed by atoms with Gasteiger partial charge in [0.2, 0.25) is 0 Å². The zero-order chi connectivity index (χ0) is 15.7. The van der Waals surface area contributed by atoms with E-state index in [1.807, 2.05) is 26.0 Å². The van der Waals surface area contributed by atoms with Crippen LogP contribution in [0.4, 0.5) is 4.79 Å². The van der Waals surface area contributed by atoms with Gasteiger partial charge in [-0.2, -0.15) is 5.10 Å². The van der Waals surface area contributed by atoms with E-state index < -0.39 is 17.9 Å². The predicted molar refractivity (Wildman–Crippen MR) is 79.3 cm³/mol. The Morgan fingerprint density at radius 3 is 2.68 bits per heavy atom. The van der Waals surface area contributed by atoms with Crippen molar-refractivity contribution in [3.05, 3.63) is 47.5 Å². The van der Waals surface area contributed by atoms with Gasteiger partial charge in [0.15, 0.2) is 11.7 Å². The van der Waals surface area contributed by atoms with Crippen LogP contribution >= 0.6 is 11.6 Å². The number of cyclic esters (lactones) is 2. The number of benzene rings is 1. The van der Waals surface area contributed by atoms with Gasteiger partial charge in [0.1, 0.15) is 12.7 Å². The van der Waals surface area contributed by atoms with Gasteiger partial charge < -0.3 is 9.47 Å². The average molecular weight is 322 g/mol. The topological polar surface area (TPSA) is 66.2 Å². The molecule has 1 aromatic carbocycles. The van der Waals surface area contributed by atoms with Crippen molar-refractivity contribution in [2.45, 2.75) is 32.1 Å². The molecule has 7 heteroatoms. The lowest BCUT2D eigenvalue weighted by Gasteiger charge is -2.33. The molecule has 0 bridgehead atoms. The quantitative estimate of drug-likeness (QED) is 0.810. The molecule has 0 radical (unpaired) electrons. The first-order chi connectivity index (χ1) is 10.5. The molecule has 1 fully saturated rings. The monoisotopic (exact) mass is 321 g/mol. The third-order valence-electron chi connectivity index (χ3n) is 3.75. The standard InChI is InChI=1S/C15H16ClN3O3/c1-10(2)13-15(22-14(20)21-13,7-19-9-17-8-18-19)11-3-5-12(16)6-4-11/h3-6,8-10,13H,7H2,1-2H3/t13-,15-/m1/s1. The van der Waals surface area contributed by atoms with Gasteiger partial charge in [-0.1, -0.05) is 37.6 Å². The van der Waals surface area contributed by atoms with Crippen LogP contribution < -0.4 is 0 Å². The molecule has 6 nitrogen and oxygen atoms in total. The second-order valence-corrected chi connectivity index (χ2v) is 6.06. The molecule has 0 N–H and O–H groups in total. The third-order valence-corrected chi connectivity index (χ3v) is 4.00. The van der Waals surface area contributed by atoms with Crippen LogP contribution in [0.3, 0.4) is 0 Å². The fourth-order valence-corrected chi connectivity index (χ4v) is 2.95. The molecule has 0 spiro atoms.